The van der Waals surface area contributed by atoms with Crippen molar-refractivity contribution in [1.82, 2.24) is 15.2 Å². The zero-order chi connectivity index (χ0) is 11.7. The molecule has 5 heteroatoms. The lowest BCUT2D eigenvalue weighted by molar-refractivity contribution is -0.129. The van der Waals surface area contributed by atoms with Gasteiger partial charge in [-0.25, -0.2) is 4.98 Å². The molecule has 2 aliphatic heterocycles. The highest BCUT2D eigenvalue weighted by Gasteiger charge is 2.21. The van der Waals surface area contributed by atoms with Gasteiger partial charge >= 0.3 is 0 Å². The zero-order valence-corrected chi connectivity index (χ0v) is 10.7. The summed E-state index contributed by atoms with van der Waals surface area (Å²) >= 11 is 1.70. The molecular weight excluding hydrogens is 234 g/mol. The molecule has 0 radical (unpaired) electrons. The van der Waals surface area contributed by atoms with Gasteiger partial charge in [-0.15, -0.1) is 11.3 Å². The number of hydrogen-bond acceptors (Lipinski definition) is 4. The van der Waals surface area contributed by atoms with Crippen LogP contribution in [0.25, 0.3) is 0 Å². The Morgan fingerprint density at radius 2 is 2.24 bits per heavy atom. The van der Waals surface area contributed by atoms with Gasteiger partial charge in [-0.3, -0.25) is 4.79 Å². The molecule has 1 N–H and O–H groups in total. The van der Waals surface area contributed by atoms with E-state index < -0.39 is 0 Å². The maximum atomic E-state index is 12.0. The van der Waals surface area contributed by atoms with E-state index in [0.29, 0.717) is 6.42 Å². The summed E-state index contributed by atoms with van der Waals surface area (Å²) in [6.07, 6.45) is 3.81. The number of amides is 1. The number of thiazole rings is 1. The van der Waals surface area contributed by atoms with Crippen LogP contribution in [-0.4, -0.2) is 35.4 Å². The molecule has 0 saturated carbocycles. The average Bonchev–Trinajstić information content (AvgIpc) is 2.97. The standard InChI is InChI=1S/C12H17N3OS/c16-12(15-5-1-2-6-15)7-11-14-9-3-4-13-8-10(9)17-11/h13H,1-8H2. The quantitative estimate of drug-likeness (QED) is 0.851. The predicted molar refractivity (Wildman–Crippen MR) is 67.0 cm³/mol. The second-order valence-corrected chi connectivity index (χ2v) is 5.84. The minimum atomic E-state index is 0.251. The van der Waals surface area contributed by atoms with E-state index in [1.165, 1.54) is 10.6 Å². The lowest BCUT2D eigenvalue weighted by Gasteiger charge is -2.13. The van der Waals surface area contributed by atoms with Crippen molar-refractivity contribution in [3.05, 3.63) is 15.6 Å². The summed E-state index contributed by atoms with van der Waals surface area (Å²) in [5.41, 5.74) is 1.21. The molecule has 4 nitrogen and oxygen atoms in total. The van der Waals surface area contributed by atoms with E-state index in [1.807, 2.05) is 4.90 Å². The first-order valence-corrected chi connectivity index (χ1v) is 7.10. The number of likely N-dealkylation sites (tertiary alicyclic amines) is 1. The molecule has 0 bridgehead atoms. The number of aromatic nitrogens is 1. The lowest BCUT2D eigenvalue weighted by Crippen LogP contribution is -2.29. The van der Waals surface area contributed by atoms with E-state index in [0.717, 1.165) is 50.4 Å². The van der Waals surface area contributed by atoms with E-state index in [-0.39, 0.29) is 5.91 Å². The Balaban J connectivity index is 1.68. The Morgan fingerprint density at radius 3 is 3.00 bits per heavy atom. The molecule has 1 saturated heterocycles. The molecule has 0 aliphatic carbocycles. The van der Waals surface area contributed by atoms with Gasteiger partial charge in [0.15, 0.2) is 0 Å². The van der Waals surface area contributed by atoms with Gasteiger partial charge in [-0.2, -0.15) is 0 Å². The maximum absolute atomic E-state index is 12.0. The molecule has 1 amide bonds. The number of fused-ring (bicyclic) bond motifs is 1. The number of carbonyl (C=O) groups is 1. The molecule has 0 aromatic carbocycles. The smallest absolute Gasteiger partial charge is 0.229 e. The third kappa shape index (κ3) is 2.35. The van der Waals surface area contributed by atoms with Crippen molar-refractivity contribution in [3.63, 3.8) is 0 Å². The number of rotatable bonds is 2. The van der Waals surface area contributed by atoms with Gasteiger partial charge in [0, 0.05) is 37.5 Å². The molecule has 2 aliphatic rings. The van der Waals surface area contributed by atoms with Crippen molar-refractivity contribution in [1.29, 1.82) is 0 Å². The summed E-state index contributed by atoms with van der Waals surface area (Å²) in [6.45, 7) is 3.80. The van der Waals surface area contributed by atoms with Crippen LogP contribution in [0, 0.1) is 0 Å². The molecule has 0 atom stereocenters. The summed E-state index contributed by atoms with van der Waals surface area (Å²) < 4.78 is 0. The van der Waals surface area contributed by atoms with Gasteiger partial charge in [-0.1, -0.05) is 0 Å². The highest BCUT2D eigenvalue weighted by Crippen LogP contribution is 2.22. The Hall–Kier alpha value is -0.940. The summed E-state index contributed by atoms with van der Waals surface area (Å²) in [5.74, 6) is 0.251. The molecule has 3 rings (SSSR count). The summed E-state index contributed by atoms with van der Waals surface area (Å²) in [6, 6.07) is 0. The van der Waals surface area contributed by atoms with Crippen LogP contribution in [0.1, 0.15) is 28.4 Å². The Kier molecular flexibility index (Phi) is 3.11. The average molecular weight is 251 g/mol. The van der Waals surface area contributed by atoms with Crippen molar-refractivity contribution in [2.75, 3.05) is 19.6 Å². The lowest BCUT2D eigenvalue weighted by atomic mass is 10.2. The molecule has 0 unspecified atom stereocenters. The van der Waals surface area contributed by atoms with Crippen LogP contribution in [0.2, 0.25) is 0 Å². The van der Waals surface area contributed by atoms with E-state index in [1.54, 1.807) is 11.3 Å². The Bertz CT molecular complexity index is 400. The minimum Gasteiger partial charge on any atom is -0.342 e. The van der Waals surface area contributed by atoms with E-state index in [2.05, 4.69) is 10.3 Å². The van der Waals surface area contributed by atoms with E-state index in [4.69, 9.17) is 0 Å². The molecule has 3 heterocycles. The maximum Gasteiger partial charge on any atom is 0.229 e. The fraction of sp³-hybridized carbons (Fsp3) is 0.667. The second-order valence-electron chi connectivity index (χ2n) is 4.67. The molecular formula is C12H17N3OS. The fourth-order valence-corrected chi connectivity index (χ4v) is 3.54. The van der Waals surface area contributed by atoms with Crippen molar-refractivity contribution < 1.29 is 4.79 Å². The third-order valence-corrected chi connectivity index (χ3v) is 4.51. The molecule has 17 heavy (non-hydrogen) atoms. The van der Waals surface area contributed by atoms with E-state index in [9.17, 15) is 4.79 Å². The van der Waals surface area contributed by atoms with Crippen LogP contribution >= 0.6 is 11.3 Å². The zero-order valence-electron chi connectivity index (χ0n) is 9.87. The summed E-state index contributed by atoms with van der Waals surface area (Å²) in [4.78, 5) is 19.9. The Morgan fingerprint density at radius 1 is 1.41 bits per heavy atom. The highest BCUT2D eigenvalue weighted by molar-refractivity contribution is 7.11. The second kappa shape index (κ2) is 4.74. The van der Waals surface area contributed by atoms with Crippen molar-refractivity contribution in [2.45, 2.75) is 32.2 Å². The van der Waals surface area contributed by atoms with Gasteiger partial charge in [0.1, 0.15) is 5.01 Å². The third-order valence-electron chi connectivity index (χ3n) is 3.41. The van der Waals surface area contributed by atoms with Crippen LogP contribution in [-0.2, 0) is 24.2 Å². The fourth-order valence-electron chi connectivity index (χ4n) is 2.46. The number of hydrogen-bond donors (Lipinski definition) is 1. The SMILES string of the molecule is O=C(Cc1nc2c(s1)CNCC2)N1CCCC1. The summed E-state index contributed by atoms with van der Waals surface area (Å²) in [5, 5.41) is 4.33. The van der Waals surface area contributed by atoms with Crippen LogP contribution in [0.5, 0.6) is 0 Å². The number of nitrogens with zero attached hydrogens (tertiary/aromatic N) is 2. The van der Waals surface area contributed by atoms with Crippen LogP contribution < -0.4 is 5.32 Å². The molecule has 1 aromatic rings. The van der Waals surface area contributed by atoms with Crippen molar-refractivity contribution in [3.8, 4) is 0 Å². The first-order chi connectivity index (χ1) is 8.33. The first-order valence-electron chi connectivity index (χ1n) is 6.29. The topological polar surface area (TPSA) is 45.2 Å². The molecule has 0 spiro atoms. The van der Waals surface area contributed by atoms with E-state index >= 15 is 0 Å². The monoisotopic (exact) mass is 251 g/mol. The van der Waals surface area contributed by atoms with Crippen molar-refractivity contribution >= 4 is 17.2 Å². The van der Waals surface area contributed by atoms with Gasteiger partial charge in [0.25, 0.3) is 0 Å². The minimum absolute atomic E-state index is 0.251. The first kappa shape index (κ1) is 11.2. The van der Waals surface area contributed by atoms with Gasteiger partial charge < -0.3 is 10.2 Å². The van der Waals surface area contributed by atoms with Crippen LogP contribution in [0.4, 0.5) is 0 Å². The number of carbonyl (C=O) groups excluding carboxylic acids is 1. The Labute approximate surface area is 105 Å². The predicted octanol–water partition coefficient (Wildman–Crippen LogP) is 0.954. The molecule has 92 valence electrons. The normalized spacial score (nSPS) is 19.4. The highest BCUT2D eigenvalue weighted by atomic mass is 32.1. The van der Waals surface area contributed by atoms with Gasteiger partial charge in [0.05, 0.1) is 12.1 Å². The largest absolute Gasteiger partial charge is 0.342 e. The summed E-state index contributed by atoms with van der Waals surface area (Å²) in [7, 11) is 0. The molecule has 1 fully saturated rings. The van der Waals surface area contributed by atoms with Gasteiger partial charge in [0.2, 0.25) is 5.91 Å². The van der Waals surface area contributed by atoms with Gasteiger partial charge in [-0.05, 0) is 12.8 Å². The van der Waals surface area contributed by atoms with Crippen LogP contribution in [0.3, 0.4) is 0 Å². The number of nitrogens with one attached hydrogen (secondary N) is 1. The molecule has 1 aromatic heterocycles. The van der Waals surface area contributed by atoms with Crippen molar-refractivity contribution in [2.24, 2.45) is 0 Å². The van der Waals surface area contributed by atoms with Crippen LogP contribution in [0.15, 0.2) is 0 Å².